The van der Waals surface area contributed by atoms with Crippen molar-refractivity contribution in [2.24, 2.45) is 0 Å². The zero-order valence-electron chi connectivity index (χ0n) is 79.8. The van der Waals surface area contributed by atoms with E-state index in [1.54, 1.807) is 41.0 Å². The lowest BCUT2D eigenvalue weighted by atomic mass is 9.62. The average molecular weight is 1390 g/mol. The highest BCUT2D eigenvalue weighted by atomic mass is 28.3. The van der Waals surface area contributed by atoms with Gasteiger partial charge in [0, 0.05) is 42.0 Å². The number of pyridine rings is 1. The third kappa shape index (κ3) is 10.1. The molecule has 7 heteroatoms. The maximum absolute atomic E-state index is 10.4. The zero-order chi connectivity index (χ0) is 89.3. The largest absolute Gasteiger partial charge is 0.458 e. The standard InChI is InChI=1S/C98H81N5OSi/c1-63-29-27-30-64(2)93(63)65-53-82-81-61-85-84(97(6,7)50-51-98(85,8)9)60-80(81)74-39-19-20-40-75(74)83-58-73(105(70-33-13-10-14-34-70,71-35-15-11-16-36-71)72-37-17-12-18-38-72)59-90-94(83)101(95(82)91(54-65)102-86-44-24-21-41-76(86)77-42-22-25-45-87(77)102)62-100(90)67-31-28-32-68(56-67)104-69-47-48-79-78-43-23-26-46-88(78)103(89(79)57-69)92-55-66(49-52-99-92)96(3,4)5/h10-49,52-61H,50-51H2,1-9H3/i1D3,2D3,10D,11D,12D,13D,14D,15D,16D,17D,18D,33D,34D,35D,36D,37D,38D. The summed E-state index contributed by atoms with van der Waals surface area (Å²) in [7, 11) is -6.04. The number of para-hydroxylation sites is 3. The molecule has 17 aromatic rings. The summed E-state index contributed by atoms with van der Waals surface area (Å²) in [4.78, 5) is 4.95. The normalized spacial score (nSPS) is 16.9. The Morgan fingerprint density at radius 1 is 0.467 bits per heavy atom. The van der Waals surface area contributed by atoms with Crippen molar-refractivity contribution in [3.05, 3.63) is 337 Å². The summed E-state index contributed by atoms with van der Waals surface area (Å²) < 4.78 is 219. The van der Waals surface area contributed by atoms with Gasteiger partial charge in [0.15, 0.2) is 8.07 Å². The Kier molecular flexibility index (Phi) is 10.4. The van der Waals surface area contributed by atoms with Crippen LogP contribution in [0, 0.1) is 20.0 Å². The van der Waals surface area contributed by atoms with Crippen molar-refractivity contribution >= 4 is 83.5 Å². The number of nitrogens with zero attached hydrogens (tertiary/aromatic N) is 5. The topological polar surface area (TPSA) is 40.8 Å². The first-order valence-electron chi connectivity index (χ1n) is 45.8. The van der Waals surface area contributed by atoms with Crippen LogP contribution in [0.4, 0.5) is 0 Å². The summed E-state index contributed by atoms with van der Waals surface area (Å²) in [5.41, 5.74) is 8.87. The van der Waals surface area contributed by atoms with E-state index in [1.165, 1.54) is 18.2 Å². The predicted octanol–water partition coefficient (Wildman–Crippen LogP) is 21.7. The van der Waals surface area contributed by atoms with Crippen molar-refractivity contribution in [3.8, 4) is 78.9 Å². The second kappa shape index (κ2) is 24.1. The van der Waals surface area contributed by atoms with Gasteiger partial charge in [-0.1, -0.05) is 260 Å². The van der Waals surface area contributed by atoms with Crippen LogP contribution in [0.2, 0.25) is 0 Å². The van der Waals surface area contributed by atoms with E-state index in [2.05, 4.69) is 88.2 Å². The molecule has 0 fully saturated rings. The molecule has 13 aromatic carbocycles. The molecule has 0 bridgehead atoms. The number of ether oxygens (including phenoxy) is 1. The van der Waals surface area contributed by atoms with Crippen LogP contribution in [0.3, 0.4) is 0 Å². The first-order valence-corrected chi connectivity index (χ1v) is 37.3. The fourth-order valence-electron chi connectivity index (χ4n) is 16.7. The van der Waals surface area contributed by atoms with E-state index in [4.69, 9.17) is 9.72 Å². The van der Waals surface area contributed by atoms with Crippen LogP contribution in [0.5, 0.6) is 11.5 Å². The molecule has 508 valence electrons. The molecule has 105 heavy (non-hydrogen) atoms. The van der Waals surface area contributed by atoms with Gasteiger partial charge >= 0.3 is 0 Å². The average Bonchev–Trinajstić information content (AvgIpc) is 1.28. The van der Waals surface area contributed by atoms with Crippen molar-refractivity contribution in [1.29, 1.82) is 0 Å². The fraction of sp³-hybridized carbons (Fsp3) is 0.143. The van der Waals surface area contributed by atoms with E-state index in [1.807, 2.05) is 138 Å². The van der Waals surface area contributed by atoms with E-state index in [0.29, 0.717) is 67.5 Å². The number of aromatic nitrogens is 5. The number of imidazole rings is 1. The van der Waals surface area contributed by atoms with Crippen LogP contribution in [0.1, 0.15) is 118 Å². The lowest BCUT2D eigenvalue weighted by molar-refractivity contribution is -0.571. The van der Waals surface area contributed by atoms with Gasteiger partial charge in [0.2, 0.25) is 0 Å². The molecule has 19 rings (SSSR count). The fourth-order valence-corrected chi connectivity index (χ4v) is 20.5. The van der Waals surface area contributed by atoms with Gasteiger partial charge in [-0.15, -0.1) is 0 Å². The molecule has 4 aromatic heterocycles. The minimum absolute atomic E-state index is 0.0524. The third-order valence-corrected chi connectivity index (χ3v) is 26.0. The number of hydrogen-bond acceptors (Lipinski definition) is 2. The Labute approximate surface area is 644 Å². The maximum Gasteiger partial charge on any atom is 0.269 e. The summed E-state index contributed by atoms with van der Waals surface area (Å²) in [5, 5.41) is 1.24. The van der Waals surface area contributed by atoms with Gasteiger partial charge in [-0.05, 0) is 215 Å². The van der Waals surface area contributed by atoms with Gasteiger partial charge in [0.1, 0.15) is 17.3 Å². The molecule has 0 saturated heterocycles. The molecule has 0 radical (unpaired) electrons. The molecule has 0 spiro atoms. The van der Waals surface area contributed by atoms with Gasteiger partial charge < -0.3 is 9.30 Å². The smallest absolute Gasteiger partial charge is 0.269 e. The number of benzene rings is 13. The summed E-state index contributed by atoms with van der Waals surface area (Å²) >= 11 is 0. The molecule has 1 aliphatic carbocycles. The molecular weight excluding hydrogens is 1290 g/mol. The van der Waals surface area contributed by atoms with Crippen LogP contribution < -0.4 is 30.1 Å². The van der Waals surface area contributed by atoms with Gasteiger partial charge in [0.25, 0.3) is 6.33 Å². The molecule has 0 amide bonds. The van der Waals surface area contributed by atoms with Crippen molar-refractivity contribution in [2.45, 2.75) is 91.3 Å². The summed E-state index contributed by atoms with van der Waals surface area (Å²) in [5.74, 6) is 1.38. The molecule has 0 saturated carbocycles. The van der Waals surface area contributed by atoms with Crippen molar-refractivity contribution < 1.29 is 38.1 Å². The Bertz CT molecular complexity index is 7280. The highest BCUT2D eigenvalue weighted by Gasteiger charge is 2.44. The highest BCUT2D eigenvalue weighted by Crippen LogP contribution is 2.54. The van der Waals surface area contributed by atoms with Crippen molar-refractivity contribution in [1.82, 2.24) is 18.7 Å². The number of rotatable bonds is 10. The Hall–Kier alpha value is -11.9. The Morgan fingerprint density at radius 2 is 1.00 bits per heavy atom. The number of aryl methyl sites for hydroxylation is 2. The van der Waals surface area contributed by atoms with Crippen LogP contribution >= 0.6 is 0 Å². The zero-order valence-corrected chi connectivity index (χ0v) is 59.8. The van der Waals surface area contributed by atoms with Crippen molar-refractivity contribution in [3.63, 3.8) is 0 Å². The van der Waals surface area contributed by atoms with Crippen molar-refractivity contribution in [2.75, 3.05) is 0 Å². The van der Waals surface area contributed by atoms with Gasteiger partial charge in [-0.25, -0.2) is 4.98 Å². The first kappa shape index (κ1) is 45.3. The third-order valence-electron chi connectivity index (χ3n) is 21.9. The SMILES string of the molecule is [2H]c1c([2H])c([2H])c([Si](c2cc3c4c(c2)n(-c2cccc(Oc5ccc6c7ccccc7n(-c7cc(C(C)(C)C)ccn7)c6c5)c2)[c-][n+]4-c2c(cc(-c4c(C([2H])([2H])[2H])cccc4C([2H])([2H])[2H])cc2-n2c4ccccc4c4ccccc42)-c2cc4c(cc2-c2ccccc2-3)C(C)(C)CCC4(C)C)(c2c([2H])c([2H])c([2H])c([2H])c2[2H])c2c([2H])c([2H])c([2H])c([2H])c2[2H])c([2H])c1[2H]. The van der Waals surface area contributed by atoms with Crippen LogP contribution in [0.15, 0.2) is 303 Å². The molecule has 0 unspecified atom stereocenters. The number of fused-ring (bicyclic) bond motifs is 14. The summed E-state index contributed by atoms with van der Waals surface area (Å²) in [6.45, 7) is 9.42. The molecule has 6 nitrogen and oxygen atoms in total. The van der Waals surface area contributed by atoms with Gasteiger partial charge in [0.05, 0.1) is 70.7 Å². The monoisotopic (exact) mass is 1390 g/mol. The number of hydrogen-bond donors (Lipinski definition) is 0. The Morgan fingerprint density at radius 3 is 1.59 bits per heavy atom. The van der Waals surface area contributed by atoms with E-state index in [-0.39, 0.29) is 55.2 Å². The van der Waals surface area contributed by atoms with Gasteiger partial charge in [-0.2, -0.15) is 0 Å². The predicted molar refractivity (Wildman–Crippen MR) is 439 cm³/mol. The lowest BCUT2D eigenvalue weighted by Crippen LogP contribution is -2.74. The molecule has 0 atom stereocenters. The maximum atomic E-state index is 10.4. The lowest BCUT2D eigenvalue weighted by Gasteiger charge is -2.42. The molecule has 5 heterocycles. The second-order valence-electron chi connectivity index (χ2n) is 29.9. The van der Waals surface area contributed by atoms with E-state index in [0.717, 1.165) is 62.1 Å². The minimum atomic E-state index is -6.04. The molecule has 1 aliphatic heterocycles. The van der Waals surface area contributed by atoms with Gasteiger partial charge in [-0.3, -0.25) is 13.7 Å². The van der Waals surface area contributed by atoms with E-state index in [9.17, 15) is 28.8 Å². The van der Waals surface area contributed by atoms with Crippen LogP contribution in [0.25, 0.3) is 122 Å². The summed E-state index contributed by atoms with van der Waals surface area (Å²) in [6.07, 6.45) is 7.23. The van der Waals surface area contributed by atoms with E-state index < -0.39 is 139 Å². The summed E-state index contributed by atoms with van der Waals surface area (Å²) in [6, 6.07) is 49.9. The minimum Gasteiger partial charge on any atom is -0.458 e. The molecule has 2 aliphatic rings. The van der Waals surface area contributed by atoms with Crippen LogP contribution in [-0.2, 0) is 16.2 Å². The second-order valence-corrected chi connectivity index (χ2v) is 33.5. The molecular formula is C98H81N5OSi. The quantitative estimate of drug-likeness (QED) is 0.0593. The van der Waals surface area contributed by atoms with E-state index >= 15 is 0 Å². The molecule has 0 N–H and O–H groups in total. The highest BCUT2D eigenvalue weighted by molar-refractivity contribution is 7.20. The van der Waals surface area contributed by atoms with Crippen LogP contribution in [-0.4, -0.2) is 26.8 Å². The first-order chi connectivity index (χ1) is 59.6. The Balaban J connectivity index is 1.05.